The zero-order chi connectivity index (χ0) is 55.6. The van der Waals surface area contributed by atoms with Gasteiger partial charge in [0.15, 0.2) is 0 Å². The number of nitrogens with two attached hydrogens (primary N) is 1. The molecule has 416 valence electrons. The van der Waals surface area contributed by atoms with Crippen LogP contribution in [0.2, 0.25) is 0 Å². The summed E-state index contributed by atoms with van der Waals surface area (Å²) in [5.74, 6) is -1.89. The molecule has 8 aliphatic rings. The highest BCUT2D eigenvalue weighted by Gasteiger charge is 2.66. The number of hydrogen-bond donors (Lipinski definition) is 7. The Morgan fingerprint density at radius 1 is 0.949 bits per heavy atom. The number of rotatable bonds is 18. The highest BCUT2D eigenvalue weighted by molar-refractivity contribution is 7.22. The van der Waals surface area contributed by atoms with E-state index in [1.54, 1.807) is 18.2 Å². The number of imide groups is 2. The van der Waals surface area contributed by atoms with Crippen LogP contribution in [-0.4, -0.2) is 140 Å². The molecular weight excluding hydrogens is 1020 g/mol. The number of fused-ring (bicyclic) bond motifs is 2. The van der Waals surface area contributed by atoms with Crippen LogP contribution in [0.1, 0.15) is 117 Å². The summed E-state index contributed by atoms with van der Waals surface area (Å²) in [4.78, 5) is 65.2. The third kappa shape index (κ3) is 10.4. The number of dihydropyridines is 1. The summed E-state index contributed by atoms with van der Waals surface area (Å²) in [5, 5.41) is 45.2. The minimum Gasteiger partial charge on any atom is -0.480 e. The van der Waals surface area contributed by atoms with E-state index in [9.17, 15) is 34.8 Å². The Labute approximate surface area is 463 Å². The first-order valence-electron chi connectivity index (χ1n) is 27.3. The first kappa shape index (κ1) is 53.8. The number of ether oxygens (including phenoxy) is 2. The van der Waals surface area contributed by atoms with E-state index in [4.69, 9.17) is 20.3 Å². The molecule has 3 unspecified atom stereocenters. The van der Waals surface area contributed by atoms with E-state index in [1.165, 1.54) is 11.3 Å². The molecule has 6 heterocycles. The van der Waals surface area contributed by atoms with Crippen LogP contribution in [0.5, 0.6) is 0 Å². The quantitative estimate of drug-likeness (QED) is 0.0166. The van der Waals surface area contributed by atoms with Crippen molar-refractivity contribution in [1.82, 2.24) is 40.1 Å². The number of aliphatic imine (C=N–C) groups is 1. The molecule has 4 saturated carbocycles. The number of amidine groups is 2. The molecule has 79 heavy (non-hydrogen) atoms. The van der Waals surface area contributed by atoms with Crippen molar-refractivity contribution < 1.29 is 38.9 Å². The largest absolute Gasteiger partial charge is 0.480 e. The molecule has 3 atom stereocenters. The molecule has 6 fully saturated rings. The summed E-state index contributed by atoms with van der Waals surface area (Å²) in [6.07, 6.45) is 13.4. The number of aliphatic hydroxyl groups is 2. The summed E-state index contributed by atoms with van der Waals surface area (Å²) in [5.41, 5.74) is 12.2. The summed E-state index contributed by atoms with van der Waals surface area (Å²) in [6.45, 7) is 13.3. The summed E-state index contributed by atoms with van der Waals surface area (Å²) >= 11 is 1.46. The minimum absolute atomic E-state index is 0.0415. The molecule has 4 aliphatic heterocycles. The van der Waals surface area contributed by atoms with Crippen LogP contribution in [0.3, 0.4) is 0 Å². The molecular formula is C58H70N12O8S. The van der Waals surface area contributed by atoms with Crippen LogP contribution < -0.4 is 21.7 Å². The lowest BCUT2D eigenvalue weighted by atomic mass is 9.39. The van der Waals surface area contributed by atoms with Crippen LogP contribution in [0.15, 0.2) is 94.4 Å². The van der Waals surface area contributed by atoms with Crippen molar-refractivity contribution in [2.24, 2.45) is 27.0 Å². The SMILES string of the molecule is CC(=C1\CCCN(C2=CC=C(c3cnn(CC45CC6(C)CC(C)(C4)CC(OCCN(C)CCOCCNc4cccc7c4C(=O)N(C4CCC(=O)NC4=O)C7=O)(C6)C5)c3C)C(=C(O)O)N2)C1=N)/C(N)=N\c1nc2ccccc2s1. The van der Waals surface area contributed by atoms with E-state index in [0.717, 1.165) is 90.0 Å². The molecule has 8 N–H and O–H groups in total. The van der Waals surface area contributed by atoms with Crippen molar-refractivity contribution in [2.45, 2.75) is 110 Å². The lowest BCUT2D eigenvalue weighted by molar-refractivity contribution is -0.248. The number of benzene rings is 2. The second-order valence-corrected chi connectivity index (χ2v) is 24.7. The summed E-state index contributed by atoms with van der Waals surface area (Å²) in [6, 6.07) is 11.8. The van der Waals surface area contributed by atoms with Crippen LogP contribution >= 0.6 is 11.3 Å². The number of nitrogens with zero attached hydrogens (tertiary/aromatic N) is 7. The predicted octanol–water partition coefficient (Wildman–Crippen LogP) is 7.59. The van der Waals surface area contributed by atoms with E-state index in [2.05, 4.69) is 56.4 Å². The fraction of sp³-hybridized carbons (Fsp3) is 0.483. The molecule has 12 rings (SSSR count). The Morgan fingerprint density at radius 2 is 1.72 bits per heavy atom. The average Bonchev–Trinajstić information content (AvgIpc) is 4.21. The van der Waals surface area contributed by atoms with Crippen molar-refractivity contribution in [1.29, 1.82) is 5.41 Å². The third-order valence-corrected chi connectivity index (χ3v) is 18.1. The maximum Gasteiger partial charge on any atom is 0.299 e. The fourth-order valence-corrected chi connectivity index (χ4v) is 15.7. The van der Waals surface area contributed by atoms with Crippen LogP contribution in [0.4, 0.5) is 10.8 Å². The van der Waals surface area contributed by atoms with Crippen molar-refractivity contribution in [3.05, 3.63) is 112 Å². The molecule has 2 aromatic heterocycles. The number of likely N-dealkylation sites (tertiary alicyclic amines) is 1. The van der Waals surface area contributed by atoms with E-state index in [1.807, 2.05) is 61.4 Å². The van der Waals surface area contributed by atoms with Gasteiger partial charge in [-0.1, -0.05) is 43.4 Å². The number of likely N-dealkylation sites (N-methyl/N-ethyl adjacent to an activating group) is 1. The third-order valence-electron chi connectivity index (χ3n) is 17.2. The van der Waals surface area contributed by atoms with Gasteiger partial charge in [-0.15, -0.1) is 0 Å². The van der Waals surface area contributed by atoms with E-state index in [0.29, 0.717) is 79.5 Å². The molecule has 21 heteroatoms. The van der Waals surface area contributed by atoms with Crippen molar-refractivity contribution in [2.75, 3.05) is 58.4 Å². The zero-order valence-corrected chi connectivity index (χ0v) is 46.4. The number of amides is 4. The number of hydrogen-bond acceptors (Lipinski definition) is 16. The second kappa shape index (κ2) is 20.8. The van der Waals surface area contributed by atoms with Crippen molar-refractivity contribution >= 4 is 73.2 Å². The molecule has 0 spiro atoms. The number of carbonyl (C=O) groups is 4. The molecule has 0 radical (unpaired) electrons. The van der Waals surface area contributed by atoms with Crippen molar-refractivity contribution in [3.63, 3.8) is 0 Å². The van der Waals surface area contributed by atoms with E-state index in [-0.39, 0.29) is 57.3 Å². The van der Waals surface area contributed by atoms with Crippen LogP contribution in [-0.2, 0) is 25.6 Å². The topological polar surface area (TPSA) is 266 Å². The summed E-state index contributed by atoms with van der Waals surface area (Å²) < 4.78 is 16.2. The van der Waals surface area contributed by atoms with Gasteiger partial charge < -0.3 is 45.9 Å². The number of allylic oxidation sites excluding steroid dienone is 3. The Bertz CT molecular complexity index is 3300. The zero-order valence-electron chi connectivity index (χ0n) is 45.5. The first-order chi connectivity index (χ1) is 37.7. The molecule has 4 aromatic rings. The minimum atomic E-state index is -1.03. The first-order valence-corrected chi connectivity index (χ1v) is 28.2. The predicted molar refractivity (Wildman–Crippen MR) is 301 cm³/mol. The van der Waals surface area contributed by atoms with Gasteiger partial charge in [-0.2, -0.15) is 5.10 Å². The van der Waals surface area contributed by atoms with Gasteiger partial charge in [0, 0.05) is 67.2 Å². The van der Waals surface area contributed by atoms with Gasteiger partial charge in [-0.3, -0.25) is 39.5 Å². The number of piperidine rings is 2. The lowest BCUT2D eigenvalue weighted by Crippen LogP contribution is -2.64. The highest BCUT2D eigenvalue weighted by atomic mass is 32.1. The fourth-order valence-electron chi connectivity index (χ4n) is 14.8. The van der Waals surface area contributed by atoms with Gasteiger partial charge in [0.05, 0.1) is 53.0 Å². The smallest absolute Gasteiger partial charge is 0.299 e. The maximum atomic E-state index is 13.5. The number of aliphatic hydroxyl groups excluding tert-OH is 1. The second-order valence-electron chi connectivity index (χ2n) is 23.7. The molecule has 4 bridgehead atoms. The molecule has 2 saturated heterocycles. The number of anilines is 1. The van der Waals surface area contributed by atoms with Crippen LogP contribution in [0.25, 0.3) is 15.8 Å². The Kier molecular flexibility index (Phi) is 14.2. The van der Waals surface area contributed by atoms with Gasteiger partial charge in [-0.05, 0) is 137 Å². The van der Waals surface area contributed by atoms with Gasteiger partial charge in [-0.25, -0.2) is 9.98 Å². The van der Waals surface area contributed by atoms with Gasteiger partial charge >= 0.3 is 0 Å². The Hall–Kier alpha value is -7.20. The van der Waals surface area contributed by atoms with Gasteiger partial charge in [0.2, 0.25) is 16.9 Å². The number of nitrogens with one attached hydrogen (secondary N) is 4. The molecule has 4 aliphatic carbocycles. The van der Waals surface area contributed by atoms with Gasteiger partial charge in [0.1, 0.15) is 29.2 Å². The lowest BCUT2D eigenvalue weighted by Gasteiger charge is -2.69. The molecule has 4 amide bonds. The molecule has 20 nitrogen and oxygen atoms in total. The standard InChI is InChI=1S/C58H70N12O8S/c1-34(48(59)66-54-63-40-12-6-7-14-43(40)79-54)36-11-9-20-68(49(36)60)44-17-15-37(47(64-44)53(75)76)39-26-62-69(35(39)2)33-57-28-55(3)27-56(4,29-57)31-58(30-55,32-57)78-25-22-67(5)21-24-77-23-19-61-41-13-8-10-38-46(41)52(74)70(51(38)73)42-16-18-45(71)65-50(42)72/h6-8,10,12-15,17,26,42,60-61,64,75-76H,9,11,16,18-25,27-33H2,1-5H3,(H2,59,63,66)(H,65,71,72)/b36-34-,60-49?. The number of thiazole rings is 1. The Morgan fingerprint density at radius 3 is 2.48 bits per heavy atom. The number of para-hydroxylation sites is 1. The van der Waals surface area contributed by atoms with Crippen LogP contribution in [0, 0.1) is 28.6 Å². The maximum absolute atomic E-state index is 13.5. The average molecular weight is 1100 g/mol. The normalized spacial score (nSPS) is 27.4. The number of carbonyl (C=O) groups excluding carboxylic acids is 4. The molecule has 2 aromatic carbocycles. The summed E-state index contributed by atoms with van der Waals surface area (Å²) in [7, 11) is 2.07. The highest BCUT2D eigenvalue weighted by Crippen LogP contribution is 2.72. The van der Waals surface area contributed by atoms with E-state index >= 15 is 0 Å². The Balaban J connectivity index is 0.694. The van der Waals surface area contributed by atoms with E-state index < -0.39 is 35.6 Å². The van der Waals surface area contributed by atoms with Gasteiger partial charge in [0.25, 0.3) is 17.8 Å². The monoisotopic (exact) mass is 1090 g/mol. The van der Waals surface area contributed by atoms with Crippen molar-refractivity contribution in [3.8, 4) is 0 Å². The number of aromatic nitrogens is 3.